The van der Waals surface area contributed by atoms with Crippen molar-refractivity contribution in [1.82, 2.24) is 9.55 Å². The summed E-state index contributed by atoms with van der Waals surface area (Å²) in [6.45, 7) is 0. The molecule has 0 aliphatic carbocycles. The van der Waals surface area contributed by atoms with Crippen LogP contribution in [0.1, 0.15) is 11.4 Å². The Morgan fingerprint density at radius 3 is 2.36 bits per heavy atom. The average molecular weight is 391 g/mol. The Kier molecular flexibility index (Phi) is 4.66. The minimum Gasteiger partial charge on any atom is -0.376 e. The summed E-state index contributed by atoms with van der Waals surface area (Å²) in [7, 11) is -4.39. The van der Waals surface area contributed by atoms with Crippen molar-refractivity contribution < 1.29 is 25.8 Å². The minimum atomic E-state index is -5.83. The van der Waals surface area contributed by atoms with Crippen molar-refractivity contribution >= 4 is 21.7 Å². The summed E-state index contributed by atoms with van der Waals surface area (Å²) in [6, 6.07) is 6.48. The lowest BCUT2D eigenvalue weighted by molar-refractivity contribution is -0.0500. The molecule has 1 aromatic carbocycles. The quantitative estimate of drug-likeness (QED) is 0.588. The van der Waals surface area contributed by atoms with Crippen molar-refractivity contribution in [2.45, 2.75) is 5.51 Å². The Bertz CT molecular complexity index is 1030. The van der Waals surface area contributed by atoms with Gasteiger partial charge in [0.25, 0.3) is 0 Å². The molecule has 25 heavy (non-hydrogen) atoms. The molecule has 0 N–H and O–H groups in total. The third-order valence-electron chi connectivity index (χ3n) is 2.98. The van der Waals surface area contributed by atoms with Gasteiger partial charge in [0, 0.05) is 18.7 Å². The molecule has 7 nitrogen and oxygen atoms in total. The van der Waals surface area contributed by atoms with Crippen LogP contribution in [0.3, 0.4) is 0 Å². The van der Waals surface area contributed by atoms with Crippen LogP contribution in [0.15, 0.2) is 18.2 Å². The van der Waals surface area contributed by atoms with E-state index in [1.54, 1.807) is 12.1 Å². The summed E-state index contributed by atoms with van der Waals surface area (Å²) in [5.74, 6) is -0.551. The molecule has 0 fully saturated rings. The van der Waals surface area contributed by atoms with Crippen molar-refractivity contribution in [2.24, 2.45) is 7.05 Å². The van der Waals surface area contributed by atoms with Crippen LogP contribution in [0.4, 0.5) is 13.2 Å². The molecular weight excluding hydrogens is 385 g/mol. The largest absolute Gasteiger partial charge is 0.534 e. The normalized spacial score (nSPS) is 11.6. The highest BCUT2D eigenvalue weighted by Crippen LogP contribution is 2.33. The first kappa shape index (κ1) is 18.6. The van der Waals surface area contributed by atoms with Gasteiger partial charge in [-0.1, -0.05) is 11.6 Å². The molecule has 0 atom stereocenters. The molecule has 0 bridgehead atoms. The van der Waals surface area contributed by atoms with E-state index >= 15 is 0 Å². The van der Waals surface area contributed by atoms with Crippen LogP contribution in [0.2, 0.25) is 5.02 Å². The van der Waals surface area contributed by atoms with Crippen molar-refractivity contribution in [3.8, 4) is 29.3 Å². The summed E-state index contributed by atoms with van der Waals surface area (Å²) in [5.41, 5.74) is -5.61. The molecule has 0 spiro atoms. The molecular formula is C13H6ClF3N4O3S. The zero-order chi connectivity index (χ0) is 19.0. The number of hydrogen-bond donors (Lipinski definition) is 0. The number of imidazole rings is 1. The number of benzene rings is 1. The van der Waals surface area contributed by atoms with E-state index in [9.17, 15) is 21.6 Å². The lowest BCUT2D eigenvalue weighted by atomic mass is 10.2. The van der Waals surface area contributed by atoms with E-state index < -0.39 is 21.4 Å². The number of nitrogens with zero attached hydrogens (tertiary/aromatic N) is 4. The smallest absolute Gasteiger partial charge is 0.376 e. The van der Waals surface area contributed by atoms with Crippen LogP contribution in [0.5, 0.6) is 5.75 Å². The van der Waals surface area contributed by atoms with E-state index in [0.29, 0.717) is 0 Å². The summed E-state index contributed by atoms with van der Waals surface area (Å²) >= 11 is 5.95. The molecule has 0 aliphatic heterocycles. The molecule has 2 rings (SSSR count). The fourth-order valence-corrected chi connectivity index (χ4v) is 2.55. The Morgan fingerprint density at radius 1 is 1.28 bits per heavy atom. The van der Waals surface area contributed by atoms with Gasteiger partial charge < -0.3 is 8.75 Å². The number of alkyl halides is 3. The average Bonchev–Trinajstić information content (AvgIpc) is 2.81. The molecule has 130 valence electrons. The standard InChI is InChI=1S/C13H6ClF3N4O3S/c1-21-11(6-19)10(5-18)20-12(21)8-3-2-7(4-9(8)14)24-25(22,23)13(15,16)17/h2-4H,1H3. The van der Waals surface area contributed by atoms with Gasteiger partial charge in [-0.25, -0.2) is 4.98 Å². The van der Waals surface area contributed by atoms with E-state index in [1.807, 2.05) is 0 Å². The van der Waals surface area contributed by atoms with Gasteiger partial charge in [0.05, 0.1) is 5.02 Å². The molecule has 0 saturated heterocycles. The van der Waals surface area contributed by atoms with Crippen LogP contribution in [0, 0.1) is 22.7 Å². The van der Waals surface area contributed by atoms with Crippen LogP contribution < -0.4 is 4.18 Å². The van der Waals surface area contributed by atoms with Gasteiger partial charge in [-0.15, -0.1) is 0 Å². The van der Waals surface area contributed by atoms with Crippen molar-refractivity contribution in [2.75, 3.05) is 0 Å². The fourth-order valence-electron chi connectivity index (χ4n) is 1.85. The Hall–Kier alpha value is -2.76. The first-order chi connectivity index (χ1) is 11.5. The zero-order valence-electron chi connectivity index (χ0n) is 12.2. The first-order valence-electron chi connectivity index (χ1n) is 6.19. The lowest BCUT2D eigenvalue weighted by Crippen LogP contribution is -2.28. The van der Waals surface area contributed by atoms with Crippen molar-refractivity contribution in [1.29, 1.82) is 10.5 Å². The molecule has 0 unspecified atom stereocenters. The molecule has 1 aromatic heterocycles. The maximum absolute atomic E-state index is 12.3. The fraction of sp³-hybridized carbons (Fsp3) is 0.154. The van der Waals surface area contributed by atoms with Gasteiger partial charge in [0.15, 0.2) is 11.4 Å². The zero-order valence-corrected chi connectivity index (χ0v) is 13.7. The summed E-state index contributed by atoms with van der Waals surface area (Å²) in [5, 5.41) is 17.8. The van der Waals surface area contributed by atoms with Gasteiger partial charge in [-0.3, -0.25) is 0 Å². The van der Waals surface area contributed by atoms with Crippen LogP contribution in [-0.4, -0.2) is 23.5 Å². The van der Waals surface area contributed by atoms with Crippen molar-refractivity contribution in [3.05, 3.63) is 34.6 Å². The van der Waals surface area contributed by atoms with Gasteiger partial charge in [-0.05, 0) is 12.1 Å². The van der Waals surface area contributed by atoms with E-state index in [-0.39, 0.29) is 27.8 Å². The monoisotopic (exact) mass is 390 g/mol. The molecule has 0 amide bonds. The molecule has 2 aromatic rings. The predicted molar refractivity (Wildman–Crippen MR) is 78.7 cm³/mol. The number of rotatable bonds is 3. The van der Waals surface area contributed by atoms with Gasteiger partial charge in [-0.2, -0.15) is 32.1 Å². The van der Waals surface area contributed by atoms with Crippen molar-refractivity contribution in [3.63, 3.8) is 0 Å². The number of aromatic nitrogens is 2. The molecule has 12 heteroatoms. The molecule has 0 aliphatic rings. The molecule has 0 saturated carbocycles. The maximum Gasteiger partial charge on any atom is 0.534 e. The summed E-state index contributed by atoms with van der Waals surface area (Å²) < 4.78 is 64.2. The van der Waals surface area contributed by atoms with Crippen LogP contribution in [-0.2, 0) is 17.2 Å². The number of hydrogen-bond acceptors (Lipinski definition) is 6. The molecule has 0 radical (unpaired) electrons. The summed E-state index contributed by atoms with van der Waals surface area (Å²) in [6.07, 6.45) is 0. The molecule has 1 heterocycles. The first-order valence-corrected chi connectivity index (χ1v) is 7.98. The van der Waals surface area contributed by atoms with E-state index in [1.165, 1.54) is 11.6 Å². The van der Waals surface area contributed by atoms with E-state index in [0.717, 1.165) is 18.2 Å². The Morgan fingerprint density at radius 2 is 1.92 bits per heavy atom. The van der Waals surface area contributed by atoms with E-state index in [4.69, 9.17) is 22.1 Å². The topological polar surface area (TPSA) is 109 Å². The van der Waals surface area contributed by atoms with Crippen LogP contribution in [0.25, 0.3) is 11.4 Å². The van der Waals surface area contributed by atoms with Gasteiger partial charge in [0.1, 0.15) is 23.7 Å². The Balaban J connectivity index is 2.48. The Labute approximate surface area is 144 Å². The third kappa shape index (κ3) is 3.38. The second-order valence-electron chi connectivity index (χ2n) is 4.54. The van der Waals surface area contributed by atoms with Gasteiger partial charge in [0.2, 0.25) is 0 Å². The van der Waals surface area contributed by atoms with Gasteiger partial charge >= 0.3 is 15.6 Å². The maximum atomic E-state index is 12.3. The van der Waals surface area contributed by atoms with Crippen LogP contribution >= 0.6 is 11.6 Å². The highest BCUT2D eigenvalue weighted by Gasteiger charge is 2.48. The highest BCUT2D eigenvalue weighted by molar-refractivity contribution is 7.88. The lowest BCUT2D eigenvalue weighted by Gasteiger charge is -2.11. The predicted octanol–water partition coefficient (Wildman–Crippen LogP) is 2.71. The number of nitriles is 2. The van der Waals surface area contributed by atoms with E-state index in [2.05, 4.69) is 9.17 Å². The number of halogens is 4. The summed E-state index contributed by atoms with van der Waals surface area (Å²) in [4.78, 5) is 3.93. The second-order valence-corrected chi connectivity index (χ2v) is 6.49. The second kappa shape index (κ2) is 6.27. The third-order valence-corrected chi connectivity index (χ3v) is 4.27. The highest BCUT2D eigenvalue weighted by atomic mass is 35.5. The minimum absolute atomic E-state index is 0.0338. The SMILES string of the molecule is Cn1c(-c2ccc(OS(=O)(=O)C(F)(F)F)cc2Cl)nc(C#N)c1C#N.